The van der Waals surface area contributed by atoms with E-state index in [4.69, 9.17) is 4.74 Å². The number of carbonyl (C=O) groups excluding carboxylic acids is 1. The van der Waals surface area contributed by atoms with Crippen LogP contribution >= 0.6 is 0 Å². The molecule has 1 aliphatic rings. The van der Waals surface area contributed by atoms with Gasteiger partial charge in [0, 0.05) is 25.2 Å². The number of benzene rings is 2. The van der Waals surface area contributed by atoms with Gasteiger partial charge in [0.15, 0.2) is 0 Å². The van der Waals surface area contributed by atoms with Crippen molar-refractivity contribution in [2.24, 2.45) is 0 Å². The molecule has 1 atom stereocenters. The summed E-state index contributed by atoms with van der Waals surface area (Å²) in [5.74, 6) is 0.727. The van der Waals surface area contributed by atoms with Crippen molar-refractivity contribution in [2.45, 2.75) is 44.6 Å². The third-order valence-electron chi connectivity index (χ3n) is 4.88. The van der Waals surface area contributed by atoms with Gasteiger partial charge in [0.25, 0.3) is 0 Å². The van der Waals surface area contributed by atoms with Crippen molar-refractivity contribution < 1.29 is 17.9 Å². The second kappa shape index (κ2) is 8.32. The largest absolute Gasteiger partial charge is 0.494 e. The Kier molecular flexibility index (Phi) is 6.05. The molecule has 1 amide bonds. The topological polar surface area (TPSA) is 75.7 Å². The van der Waals surface area contributed by atoms with Gasteiger partial charge in [0.2, 0.25) is 15.9 Å². The number of aryl methyl sites for hydroxylation is 1. The molecule has 1 N–H and O–H groups in total. The highest BCUT2D eigenvalue weighted by molar-refractivity contribution is 7.89. The number of fused-ring (bicyclic) bond motifs is 1. The van der Waals surface area contributed by atoms with E-state index < -0.39 is 10.0 Å². The minimum Gasteiger partial charge on any atom is -0.494 e. The van der Waals surface area contributed by atoms with Crippen LogP contribution in [0.2, 0.25) is 0 Å². The lowest BCUT2D eigenvalue weighted by atomic mass is 10.0. The van der Waals surface area contributed by atoms with E-state index in [2.05, 4.69) is 4.72 Å². The number of ether oxygens (including phenoxy) is 1. The molecular weight excluding hydrogens is 376 g/mol. The summed E-state index contributed by atoms with van der Waals surface area (Å²) < 4.78 is 33.9. The number of rotatable bonds is 6. The highest BCUT2D eigenvalue weighted by Gasteiger charge is 2.24. The zero-order chi connectivity index (χ0) is 20.3. The molecule has 1 heterocycles. The predicted octanol–water partition coefficient (Wildman–Crippen LogP) is 3.42. The van der Waals surface area contributed by atoms with Crippen LogP contribution in [0.1, 0.15) is 44.4 Å². The quantitative estimate of drug-likeness (QED) is 0.803. The van der Waals surface area contributed by atoms with Crippen molar-refractivity contribution in [2.75, 3.05) is 18.1 Å². The first kappa shape index (κ1) is 20.4. The summed E-state index contributed by atoms with van der Waals surface area (Å²) in [7, 11) is -3.68. The van der Waals surface area contributed by atoms with Crippen LogP contribution in [0.15, 0.2) is 47.4 Å². The van der Waals surface area contributed by atoms with E-state index in [0.29, 0.717) is 13.2 Å². The minimum absolute atomic E-state index is 0.0289. The van der Waals surface area contributed by atoms with E-state index in [1.54, 1.807) is 23.1 Å². The third-order valence-corrected chi connectivity index (χ3v) is 6.42. The van der Waals surface area contributed by atoms with Gasteiger partial charge in [-0.1, -0.05) is 12.1 Å². The Morgan fingerprint density at radius 1 is 1.21 bits per heavy atom. The van der Waals surface area contributed by atoms with E-state index in [-0.39, 0.29) is 16.8 Å². The molecule has 0 radical (unpaired) electrons. The lowest BCUT2D eigenvalue weighted by Gasteiger charge is -2.29. The van der Waals surface area contributed by atoms with Crippen LogP contribution in [0.25, 0.3) is 0 Å². The van der Waals surface area contributed by atoms with Gasteiger partial charge < -0.3 is 9.64 Å². The fraction of sp³-hybridized carbons (Fsp3) is 0.381. The molecule has 3 rings (SSSR count). The molecule has 28 heavy (non-hydrogen) atoms. The fourth-order valence-electron chi connectivity index (χ4n) is 3.46. The van der Waals surface area contributed by atoms with Crippen molar-refractivity contribution in [1.82, 2.24) is 4.72 Å². The predicted molar refractivity (Wildman–Crippen MR) is 109 cm³/mol. The molecule has 1 unspecified atom stereocenters. The molecule has 150 valence electrons. The van der Waals surface area contributed by atoms with E-state index in [1.807, 2.05) is 38.1 Å². The van der Waals surface area contributed by atoms with Crippen LogP contribution in [-0.4, -0.2) is 27.5 Å². The number of amides is 1. The van der Waals surface area contributed by atoms with Crippen molar-refractivity contribution in [3.05, 3.63) is 53.6 Å². The summed E-state index contributed by atoms with van der Waals surface area (Å²) in [5.41, 5.74) is 2.54. The van der Waals surface area contributed by atoms with Gasteiger partial charge in [0.1, 0.15) is 5.75 Å². The zero-order valence-corrected chi connectivity index (χ0v) is 17.3. The monoisotopic (exact) mass is 402 g/mol. The van der Waals surface area contributed by atoms with Crippen molar-refractivity contribution in [3.8, 4) is 5.75 Å². The summed E-state index contributed by atoms with van der Waals surface area (Å²) in [6.45, 7) is 6.50. The maximum absolute atomic E-state index is 12.9. The standard InChI is InChI=1S/C21H26N2O4S/c1-4-27-19-9-7-17(8-10-19)15(2)22-28(25,26)20-11-12-21-18(14-20)6-5-13-23(21)16(3)24/h7-12,14-15,22H,4-6,13H2,1-3H3. The summed E-state index contributed by atoms with van der Waals surface area (Å²) in [4.78, 5) is 13.7. The minimum atomic E-state index is -3.68. The Balaban J connectivity index is 1.80. The lowest BCUT2D eigenvalue weighted by molar-refractivity contribution is -0.116. The number of hydrogen-bond acceptors (Lipinski definition) is 4. The van der Waals surface area contributed by atoms with Gasteiger partial charge in [-0.2, -0.15) is 0 Å². The number of anilines is 1. The van der Waals surface area contributed by atoms with Crippen molar-refractivity contribution in [3.63, 3.8) is 0 Å². The summed E-state index contributed by atoms with van der Waals surface area (Å²) in [6, 6.07) is 12.0. The van der Waals surface area contributed by atoms with Gasteiger partial charge in [-0.25, -0.2) is 13.1 Å². The zero-order valence-electron chi connectivity index (χ0n) is 16.4. The number of nitrogens with one attached hydrogen (secondary N) is 1. The Labute approximate surface area is 166 Å². The highest BCUT2D eigenvalue weighted by Crippen LogP contribution is 2.30. The average molecular weight is 403 g/mol. The first-order valence-electron chi connectivity index (χ1n) is 9.48. The molecule has 0 saturated heterocycles. The number of nitrogens with zero attached hydrogens (tertiary/aromatic N) is 1. The molecule has 0 bridgehead atoms. The molecule has 0 saturated carbocycles. The van der Waals surface area contributed by atoms with Crippen LogP contribution in [-0.2, 0) is 21.2 Å². The van der Waals surface area contributed by atoms with Crippen molar-refractivity contribution in [1.29, 1.82) is 0 Å². The first-order chi connectivity index (χ1) is 13.3. The molecule has 2 aromatic carbocycles. The Morgan fingerprint density at radius 3 is 2.57 bits per heavy atom. The lowest BCUT2D eigenvalue weighted by Crippen LogP contribution is -2.34. The Hall–Kier alpha value is -2.38. The summed E-state index contributed by atoms with van der Waals surface area (Å²) >= 11 is 0. The normalized spacial score (nSPS) is 15.0. The van der Waals surface area contributed by atoms with Crippen LogP contribution < -0.4 is 14.4 Å². The van der Waals surface area contributed by atoms with Crippen LogP contribution in [0.4, 0.5) is 5.69 Å². The molecule has 0 fully saturated rings. The van der Waals surface area contributed by atoms with Crippen LogP contribution in [0, 0.1) is 0 Å². The van der Waals surface area contributed by atoms with Crippen molar-refractivity contribution >= 4 is 21.6 Å². The molecule has 1 aliphatic heterocycles. The van der Waals surface area contributed by atoms with Gasteiger partial charge in [0.05, 0.1) is 11.5 Å². The molecular formula is C21H26N2O4S. The first-order valence-corrected chi connectivity index (χ1v) is 11.0. The molecule has 2 aromatic rings. The van der Waals surface area contributed by atoms with Gasteiger partial charge >= 0.3 is 0 Å². The second-order valence-electron chi connectivity index (χ2n) is 6.91. The molecule has 6 nitrogen and oxygen atoms in total. The van der Waals surface area contributed by atoms with E-state index in [0.717, 1.165) is 35.4 Å². The summed E-state index contributed by atoms with van der Waals surface area (Å²) in [6.07, 6.45) is 1.59. The molecule has 0 aliphatic carbocycles. The number of hydrogen-bond donors (Lipinski definition) is 1. The average Bonchev–Trinajstić information content (AvgIpc) is 2.67. The maximum atomic E-state index is 12.9. The summed E-state index contributed by atoms with van der Waals surface area (Å²) in [5, 5.41) is 0. The van der Waals surface area contributed by atoms with Gasteiger partial charge in [-0.15, -0.1) is 0 Å². The number of sulfonamides is 1. The van der Waals surface area contributed by atoms with Crippen LogP contribution in [0.3, 0.4) is 0 Å². The van der Waals surface area contributed by atoms with E-state index >= 15 is 0 Å². The van der Waals surface area contributed by atoms with Gasteiger partial charge in [-0.05, 0) is 68.1 Å². The maximum Gasteiger partial charge on any atom is 0.241 e. The molecule has 0 spiro atoms. The Bertz CT molecular complexity index is 955. The molecule has 7 heteroatoms. The van der Waals surface area contributed by atoms with E-state index in [1.165, 1.54) is 6.92 Å². The number of carbonyl (C=O) groups is 1. The Morgan fingerprint density at radius 2 is 1.93 bits per heavy atom. The highest BCUT2D eigenvalue weighted by atomic mass is 32.2. The smallest absolute Gasteiger partial charge is 0.241 e. The van der Waals surface area contributed by atoms with Crippen LogP contribution in [0.5, 0.6) is 5.75 Å². The molecule has 0 aromatic heterocycles. The van der Waals surface area contributed by atoms with E-state index in [9.17, 15) is 13.2 Å². The fourth-order valence-corrected chi connectivity index (χ4v) is 4.74. The third kappa shape index (κ3) is 4.36. The second-order valence-corrected chi connectivity index (χ2v) is 8.62. The van der Waals surface area contributed by atoms with Gasteiger partial charge in [-0.3, -0.25) is 4.79 Å². The SMILES string of the molecule is CCOc1ccc(C(C)NS(=O)(=O)c2ccc3c(c2)CCCN3C(C)=O)cc1.